The maximum atomic E-state index is 11.2. The largest absolute Gasteiger partial charge is 0.375 e. The fourth-order valence-electron chi connectivity index (χ4n) is 5.24. The highest BCUT2D eigenvalue weighted by Crippen LogP contribution is 2.46. The first-order valence-electron chi connectivity index (χ1n) is 11.6. The summed E-state index contributed by atoms with van der Waals surface area (Å²) in [6.45, 7) is 7.11. The number of nitrogens with zero attached hydrogens (tertiary/aromatic N) is 3. The van der Waals surface area contributed by atoms with E-state index in [1.54, 1.807) is 0 Å². The van der Waals surface area contributed by atoms with Gasteiger partial charge in [-0.15, -0.1) is 0 Å². The van der Waals surface area contributed by atoms with Gasteiger partial charge in [-0.05, 0) is 54.2 Å². The zero-order valence-electron chi connectivity index (χ0n) is 18.8. The second-order valence-corrected chi connectivity index (χ2v) is 10.1. The van der Waals surface area contributed by atoms with E-state index in [9.17, 15) is 4.79 Å². The Balaban J connectivity index is 1.52. The van der Waals surface area contributed by atoms with Gasteiger partial charge in [0.25, 0.3) is 0 Å². The van der Waals surface area contributed by atoms with Gasteiger partial charge >= 0.3 is 5.97 Å². The predicted molar refractivity (Wildman–Crippen MR) is 133 cm³/mol. The van der Waals surface area contributed by atoms with Crippen LogP contribution in [0.1, 0.15) is 48.1 Å². The molecule has 1 N–H and O–H groups in total. The number of benzene rings is 1. The van der Waals surface area contributed by atoms with Gasteiger partial charge in [0.1, 0.15) is 0 Å². The number of carbonyl (C=O) groups is 1. The van der Waals surface area contributed by atoms with Gasteiger partial charge in [-0.3, -0.25) is 9.78 Å². The molecular weight excluding hydrogens is 456 g/mol. The van der Waals surface area contributed by atoms with Gasteiger partial charge in [-0.25, -0.2) is 4.31 Å². The maximum absolute atomic E-state index is 11.2. The van der Waals surface area contributed by atoms with E-state index in [4.69, 9.17) is 20.8 Å². The first kappa shape index (κ1) is 22.7. The number of aromatic nitrogens is 1. The number of hydrogen-bond donors (Lipinski definition) is 1. The molecule has 174 valence electrons. The third-order valence-corrected chi connectivity index (χ3v) is 7.89. The second-order valence-electron chi connectivity index (χ2n) is 8.87. The average Bonchev–Trinajstić information content (AvgIpc) is 2.98. The molecule has 0 saturated carbocycles. The van der Waals surface area contributed by atoms with Crippen LogP contribution in [0.25, 0.3) is 11.8 Å². The van der Waals surface area contributed by atoms with Crippen molar-refractivity contribution in [2.24, 2.45) is 5.92 Å². The lowest BCUT2D eigenvalue weighted by Gasteiger charge is -2.36. The van der Waals surface area contributed by atoms with Gasteiger partial charge in [-0.1, -0.05) is 23.7 Å². The van der Waals surface area contributed by atoms with Crippen LogP contribution in [0.15, 0.2) is 36.5 Å². The number of fused-ring (bicyclic) bond motifs is 2. The van der Waals surface area contributed by atoms with Crippen LogP contribution in [-0.4, -0.2) is 59.4 Å². The molecule has 0 radical (unpaired) electrons. The van der Waals surface area contributed by atoms with Crippen molar-refractivity contribution in [2.45, 2.75) is 25.7 Å². The van der Waals surface area contributed by atoms with Crippen LogP contribution in [0.2, 0.25) is 5.02 Å². The molecule has 2 aliphatic heterocycles. The van der Waals surface area contributed by atoms with Crippen molar-refractivity contribution in [1.29, 1.82) is 0 Å². The topological polar surface area (TPSA) is 57.7 Å². The first-order chi connectivity index (χ1) is 16.1. The molecule has 1 atom stereocenters. The number of hydrogen-bond acceptors (Lipinski definition) is 7. The van der Waals surface area contributed by atoms with Gasteiger partial charge < -0.3 is 14.4 Å². The molecule has 1 unspecified atom stereocenters. The third-order valence-electron chi connectivity index (χ3n) is 6.77. The minimum Gasteiger partial charge on any atom is -0.375 e. The minimum absolute atomic E-state index is 0.200. The Morgan fingerprint density at radius 2 is 1.97 bits per heavy atom. The summed E-state index contributed by atoms with van der Waals surface area (Å²) in [5.74, 6) is 0.385. The summed E-state index contributed by atoms with van der Waals surface area (Å²) < 4.78 is 7.29. The molecule has 1 aliphatic carbocycles. The summed E-state index contributed by atoms with van der Waals surface area (Å²) in [5.41, 5.74) is 6.13. The molecule has 0 bridgehead atoms. The van der Waals surface area contributed by atoms with Crippen molar-refractivity contribution in [3.63, 3.8) is 0 Å². The van der Waals surface area contributed by atoms with Gasteiger partial charge in [0.05, 0.1) is 5.69 Å². The van der Waals surface area contributed by atoms with Crippen molar-refractivity contribution in [1.82, 2.24) is 19.5 Å². The molecule has 2 fully saturated rings. The summed E-state index contributed by atoms with van der Waals surface area (Å²) in [5, 5.41) is 4.22. The number of nitrogens with one attached hydrogen (secondary N) is 1. The predicted octanol–water partition coefficient (Wildman–Crippen LogP) is 4.42. The van der Waals surface area contributed by atoms with Gasteiger partial charge in [0.2, 0.25) is 0 Å². The normalized spacial score (nSPS) is 21.6. The fraction of sp³-hybridized carbons (Fsp3) is 0.440. The van der Waals surface area contributed by atoms with Crippen molar-refractivity contribution in [3.05, 3.63) is 63.9 Å². The monoisotopic (exact) mass is 484 g/mol. The molecule has 2 saturated heterocycles. The van der Waals surface area contributed by atoms with Crippen LogP contribution in [0.3, 0.4) is 0 Å². The lowest BCUT2D eigenvalue weighted by atomic mass is 9.76. The zero-order chi connectivity index (χ0) is 22.8. The maximum Gasteiger partial charge on any atom is 0.315 e. The quantitative estimate of drug-likeness (QED) is 0.509. The minimum atomic E-state index is -0.263. The lowest BCUT2D eigenvalue weighted by Crippen LogP contribution is -2.42. The molecule has 3 aliphatic rings. The van der Waals surface area contributed by atoms with Crippen molar-refractivity contribution >= 4 is 41.6 Å². The Hall–Kier alpha value is -2.06. The van der Waals surface area contributed by atoms with E-state index in [0.717, 1.165) is 62.8 Å². The molecule has 8 heteroatoms. The van der Waals surface area contributed by atoms with Crippen LogP contribution in [0, 0.1) is 5.92 Å². The van der Waals surface area contributed by atoms with Gasteiger partial charge in [0.15, 0.2) is 12.2 Å². The van der Waals surface area contributed by atoms with Crippen molar-refractivity contribution in [3.8, 4) is 0 Å². The SMILES string of the molecule is CC(=O)OSN1CCC(C2c3ccc(Cl)cc3C(N3CCNCC3)=Cc3cccnc32)CC1. The van der Waals surface area contributed by atoms with E-state index in [2.05, 4.69) is 38.8 Å². The van der Waals surface area contributed by atoms with Crippen LogP contribution in [0.4, 0.5) is 0 Å². The third kappa shape index (κ3) is 4.92. The zero-order valence-corrected chi connectivity index (χ0v) is 20.4. The Labute approximate surface area is 204 Å². The molecular formula is C25H29ClN4O2S. The summed E-state index contributed by atoms with van der Waals surface area (Å²) in [6.07, 6.45) is 6.26. The van der Waals surface area contributed by atoms with Crippen molar-refractivity contribution < 1.29 is 8.98 Å². The average molecular weight is 485 g/mol. The summed E-state index contributed by atoms with van der Waals surface area (Å²) in [7, 11) is 0. The lowest BCUT2D eigenvalue weighted by molar-refractivity contribution is -0.130. The van der Waals surface area contributed by atoms with E-state index in [0.29, 0.717) is 5.92 Å². The van der Waals surface area contributed by atoms with E-state index >= 15 is 0 Å². The highest BCUT2D eigenvalue weighted by molar-refractivity contribution is 7.92. The Morgan fingerprint density at radius 3 is 2.73 bits per heavy atom. The molecule has 0 amide bonds. The first-order valence-corrected chi connectivity index (χ1v) is 12.7. The summed E-state index contributed by atoms with van der Waals surface area (Å²) in [6, 6.07) is 10.6. The number of piperazine rings is 1. The number of pyridine rings is 1. The molecule has 0 spiro atoms. The van der Waals surface area contributed by atoms with Crippen LogP contribution in [-0.2, 0) is 8.98 Å². The Bertz CT molecular complexity index is 1050. The molecule has 1 aromatic carbocycles. The van der Waals surface area contributed by atoms with Crippen LogP contribution >= 0.6 is 23.8 Å². The fourth-order valence-corrected chi connectivity index (χ4v) is 5.98. The van der Waals surface area contributed by atoms with Crippen LogP contribution < -0.4 is 5.32 Å². The number of carbonyl (C=O) groups excluding carboxylic acids is 1. The Kier molecular flexibility index (Phi) is 6.92. The molecule has 2 aromatic rings. The number of rotatable bonds is 4. The molecule has 1 aromatic heterocycles. The molecule has 33 heavy (non-hydrogen) atoms. The van der Waals surface area contributed by atoms with E-state index in [1.807, 2.05) is 18.3 Å². The number of piperidine rings is 1. The second kappa shape index (κ2) is 10.1. The summed E-state index contributed by atoms with van der Waals surface area (Å²) >= 11 is 7.71. The van der Waals surface area contributed by atoms with E-state index < -0.39 is 0 Å². The van der Waals surface area contributed by atoms with Gasteiger partial charge in [0, 0.05) is 74.6 Å². The Morgan fingerprint density at radius 1 is 1.18 bits per heavy atom. The standard InChI is InChI=1S/C25H29ClN4O2S/c1-17(31)32-33-30-11-6-18(7-12-30)24-21-5-4-20(26)16-22(21)23(29-13-9-27-10-14-29)15-19-3-2-8-28-25(19)24/h2-5,8,15-16,18,24,27H,6-7,9-14H2,1H3. The van der Waals surface area contributed by atoms with Crippen LogP contribution in [0.5, 0.6) is 0 Å². The molecule has 6 nitrogen and oxygen atoms in total. The highest BCUT2D eigenvalue weighted by atomic mass is 35.5. The van der Waals surface area contributed by atoms with Gasteiger partial charge in [-0.2, -0.15) is 0 Å². The van der Waals surface area contributed by atoms with E-state index in [1.165, 1.54) is 41.5 Å². The summed E-state index contributed by atoms with van der Waals surface area (Å²) in [4.78, 5) is 18.6. The highest BCUT2D eigenvalue weighted by Gasteiger charge is 2.35. The van der Waals surface area contributed by atoms with Crippen molar-refractivity contribution in [2.75, 3.05) is 39.3 Å². The van der Waals surface area contributed by atoms with E-state index in [-0.39, 0.29) is 11.9 Å². The smallest absolute Gasteiger partial charge is 0.315 e. The molecule has 5 rings (SSSR count). The number of halogens is 1. The molecule has 3 heterocycles.